The standard InChI is InChI=1S/C17H25N3O2/c1-10(2)20-8-11(3)15(9-20)19-17(22)13-6-7-14(12-4-5-12)18-16(13)21/h6-7,10-12,15H,4-5,8-9H2,1-3H3,(H,18,21)(H,19,22)/t11-,15+/m1/s1. The van der Waals surface area contributed by atoms with Crippen LogP contribution in [0.3, 0.4) is 0 Å². The minimum Gasteiger partial charge on any atom is -0.348 e. The molecule has 0 radical (unpaired) electrons. The number of H-pyrrole nitrogens is 1. The summed E-state index contributed by atoms with van der Waals surface area (Å²) in [5.41, 5.74) is 0.912. The summed E-state index contributed by atoms with van der Waals surface area (Å²) in [4.78, 5) is 29.7. The zero-order valence-corrected chi connectivity index (χ0v) is 13.6. The zero-order valence-electron chi connectivity index (χ0n) is 13.6. The number of aromatic nitrogens is 1. The number of hydrogen-bond donors (Lipinski definition) is 2. The molecule has 1 saturated heterocycles. The van der Waals surface area contributed by atoms with Gasteiger partial charge in [-0.05, 0) is 50.7 Å². The molecular formula is C17H25N3O2. The molecule has 1 aliphatic carbocycles. The lowest BCUT2D eigenvalue weighted by Gasteiger charge is -2.20. The summed E-state index contributed by atoms with van der Waals surface area (Å²) in [6, 6.07) is 4.14. The molecule has 1 saturated carbocycles. The van der Waals surface area contributed by atoms with Crippen LogP contribution < -0.4 is 10.9 Å². The molecule has 5 heteroatoms. The summed E-state index contributed by atoms with van der Waals surface area (Å²) >= 11 is 0. The van der Waals surface area contributed by atoms with Gasteiger partial charge in [-0.25, -0.2) is 0 Å². The van der Waals surface area contributed by atoms with Gasteiger partial charge < -0.3 is 10.3 Å². The number of carbonyl (C=O) groups is 1. The minimum atomic E-state index is -0.270. The van der Waals surface area contributed by atoms with E-state index in [0.29, 0.717) is 17.9 Å². The van der Waals surface area contributed by atoms with E-state index in [-0.39, 0.29) is 23.1 Å². The van der Waals surface area contributed by atoms with Crippen LogP contribution in [0.4, 0.5) is 0 Å². The average molecular weight is 303 g/mol. The van der Waals surface area contributed by atoms with Crippen LogP contribution in [0, 0.1) is 5.92 Å². The number of nitrogens with zero attached hydrogens (tertiary/aromatic N) is 1. The van der Waals surface area contributed by atoms with Gasteiger partial charge in [-0.1, -0.05) is 6.92 Å². The predicted molar refractivity (Wildman–Crippen MR) is 86.2 cm³/mol. The summed E-state index contributed by atoms with van der Waals surface area (Å²) < 4.78 is 0. The van der Waals surface area contributed by atoms with Crippen LogP contribution in [0.25, 0.3) is 0 Å². The molecule has 0 unspecified atom stereocenters. The Hall–Kier alpha value is -1.62. The highest BCUT2D eigenvalue weighted by molar-refractivity contribution is 5.94. The molecule has 2 heterocycles. The van der Waals surface area contributed by atoms with Gasteiger partial charge in [0, 0.05) is 30.9 Å². The summed E-state index contributed by atoms with van der Waals surface area (Å²) in [7, 11) is 0. The maximum absolute atomic E-state index is 12.4. The summed E-state index contributed by atoms with van der Waals surface area (Å²) in [6.07, 6.45) is 2.26. The van der Waals surface area contributed by atoms with Crippen LogP contribution in [0.1, 0.15) is 55.6 Å². The predicted octanol–water partition coefficient (Wildman–Crippen LogP) is 1.71. The van der Waals surface area contributed by atoms with E-state index in [0.717, 1.165) is 31.6 Å². The van der Waals surface area contributed by atoms with Crippen LogP contribution in [0.2, 0.25) is 0 Å². The fraction of sp³-hybridized carbons (Fsp3) is 0.647. The van der Waals surface area contributed by atoms with E-state index in [1.165, 1.54) is 0 Å². The van der Waals surface area contributed by atoms with Crippen LogP contribution in [-0.2, 0) is 0 Å². The van der Waals surface area contributed by atoms with Crippen molar-refractivity contribution in [1.82, 2.24) is 15.2 Å². The fourth-order valence-corrected chi connectivity index (χ4v) is 3.16. The van der Waals surface area contributed by atoms with E-state index in [1.807, 2.05) is 6.07 Å². The lowest BCUT2D eigenvalue weighted by molar-refractivity contribution is 0.0929. The lowest BCUT2D eigenvalue weighted by atomic mass is 10.1. The molecule has 2 fully saturated rings. The Balaban J connectivity index is 1.68. The molecule has 2 N–H and O–H groups in total. The Morgan fingerprint density at radius 2 is 2.05 bits per heavy atom. The van der Waals surface area contributed by atoms with Gasteiger partial charge in [0.2, 0.25) is 0 Å². The van der Waals surface area contributed by atoms with Crippen molar-refractivity contribution in [2.45, 2.75) is 51.6 Å². The van der Waals surface area contributed by atoms with Gasteiger partial charge in [-0.2, -0.15) is 0 Å². The van der Waals surface area contributed by atoms with Crippen molar-refractivity contribution in [1.29, 1.82) is 0 Å². The van der Waals surface area contributed by atoms with E-state index < -0.39 is 0 Å². The monoisotopic (exact) mass is 303 g/mol. The first-order valence-corrected chi connectivity index (χ1v) is 8.24. The summed E-state index contributed by atoms with van der Waals surface area (Å²) in [5, 5.41) is 3.03. The number of carbonyl (C=O) groups excluding carboxylic acids is 1. The highest BCUT2D eigenvalue weighted by Crippen LogP contribution is 2.38. The van der Waals surface area contributed by atoms with Crippen LogP contribution in [0.5, 0.6) is 0 Å². The first-order chi connectivity index (χ1) is 10.5. The number of aromatic amines is 1. The fourth-order valence-electron chi connectivity index (χ4n) is 3.16. The normalized spacial score (nSPS) is 25.6. The Bertz CT molecular complexity index is 619. The van der Waals surface area contributed by atoms with E-state index >= 15 is 0 Å². The molecule has 120 valence electrons. The molecule has 0 spiro atoms. The highest BCUT2D eigenvalue weighted by Gasteiger charge is 2.32. The molecule has 0 aromatic carbocycles. The maximum Gasteiger partial charge on any atom is 0.261 e. The number of amides is 1. The molecule has 1 aromatic heterocycles. The van der Waals surface area contributed by atoms with Gasteiger partial charge in [0.1, 0.15) is 5.56 Å². The third kappa shape index (κ3) is 3.09. The van der Waals surface area contributed by atoms with Crippen molar-refractivity contribution in [3.05, 3.63) is 33.7 Å². The SMILES string of the molecule is CC(C)N1C[C@@H](C)[C@@H](NC(=O)c2ccc(C3CC3)[nH]c2=O)C1. The minimum absolute atomic E-state index is 0.109. The van der Waals surface area contributed by atoms with Crippen LogP contribution in [-0.4, -0.2) is 41.0 Å². The van der Waals surface area contributed by atoms with E-state index in [4.69, 9.17) is 0 Å². The number of nitrogens with one attached hydrogen (secondary N) is 2. The average Bonchev–Trinajstić information content (AvgIpc) is 3.24. The molecule has 2 aliphatic rings. The first kappa shape index (κ1) is 15.3. The van der Waals surface area contributed by atoms with Crippen LogP contribution in [0.15, 0.2) is 16.9 Å². The smallest absolute Gasteiger partial charge is 0.261 e. The molecule has 5 nitrogen and oxygen atoms in total. The van der Waals surface area contributed by atoms with E-state index in [2.05, 4.69) is 36.0 Å². The second-order valence-electron chi connectivity index (χ2n) is 7.04. The van der Waals surface area contributed by atoms with Gasteiger partial charge in [0.15, 0.2) is 0 Å². The Kier molecular flexibility index (Phi) is 4.08. The third-order valence-corrected chi connectivity index (χ3v) is 4.88. The van der Waals surface area contributed by atoms with Crippen molar-refractivity contribution in [2.75, 3.05) is 13.1 Å². The maximum atomic E-state index is 12.4. The third-order valence-electron chi connectivity index (χ3n) is 4.88. The van der Waals surface area contributed by atoms with Gasteiger partial charge in [-0.3, -0.25) is 14.5 Å². The quantitative estimate of drug-likeness (QED) is 0.890. The Labute approximate surface area is 131 Å². The van der Waals surface area contributed by atoms with Crippen molar-refractivity contribution in [3.8, 4) is 0 Å². The molecule has 1 aliphatic heterocycles. The molecule has 0 bridgehead atoms. The van der Waals surface area contributed by atoms with Crippen molar-refractivity contribution in [2.24, 2.45) is 5.92 Å². The zero-order chi connectivity index (χ0) is 15.9. The van der Waals surface area contributed by atoms with Gasteiger partial charge in [-0.15, -0.1) is 0 Å². The van der Waals surface area contributed by atoms with Gasteiger partial charge in [0.05, 0.1) is 0 Å². The van der Waals surface area contributed by atoms with E-state index in [1.54, 1.807) is 6.07 Å². The van der Waals surface area contributed by atoms with Crippen molar-refractivity contribution < 1.29 is 4.79 Å². The number of likely N-dealkylation sites (tertiary alicyclic amines) is 1. The summed E-state index contributed by atoms with van der Waals surface area (Å²) in [6.45, 7) is 8.31. The second-order valence-corrected chi connectivity index (χ2v) is 7.04. The number of pyridine rings is 1. The molecule has 22 heavy (non-hydrogen) atoms. The van der Waals surface area contributed by atoms with Crippen molar-refractivity contribution in [3.63, 3.8) is 0 Å². The topological polar surface area (TPSA) is 65.2 Å². The summed E-state index contributed by atoms with van der Waals surface area (Å²) in [5.74, 6) is 0.626. The lowest BCUT2D eigenvalue weighted by Crippen LogP contribution is -2.42. The van der Waals surface area contributed by atoms with Crippen LogP contribution >= 0.6 is 0 Å². The molecule has 1 amide bonds. The molecule has 1 aromatic rings. The Morgan fingerprint density at radius 1 is 1.32 bits per heavy atom. The van der Waals surface area contributed by atoms with Crippen molar-refractivity contribution >= 4 is 5.91 Å². The molecule has 2 atom stereocenters. The molecule has 3 rings (SSSR count). The second kappa shape index (κ2) is 5.88. The number of hydrogen-bond acceptors (Lipinski definition) is 3. The number of rotatable bonds is 4. The van der Waals surface area contributed by atoms with Gasteiger partial charge >= 0.3 is 0 Å². The first-order valence-electron chi connectivity index (χ1n) is 8.24. The molecular weight excluding hydrogens is 278 g/mol. The Morgan fingerprint density at radius 3 is 2.59 bits per heavy atom. The van der Waals surface area contributed by atoms with E-state index in [9.17, 15) is 9.59 Å². The largest absolute Gasteiger partial charge is 0.348 e. The van der Waals surface area contributed by atoms with Gasteiger partial charge in [0.25, 0.3) is 11.5 Å². The highest BCUT2D eigenvalue weighted by atomic mass is 16.2.